The zero-order chi connectivity index (χ0) is 20.1. The van der Waals surface area contributed by atoms with Gasteiger partial charge >= 0.3 is 0 Å². The first-order valence-corrected chi connectivity index (χ1v) is 8.42. The van der Waals surface area contributed by atoms with E-state index in [0.717, 1.165) is 6.07 Å². The van der Waals surface area contributed by atoms with Crippen molar-refractivity contribution < 1.29 is 22.8 Å². The second kappa shape index (κ2) is 8.81. The molecular formula is C20H21F3N2O2. The standard InChI is InChI=1S/C20H21F3N2O2/c1-11-6-14(21)7-12(2)19(11)13-8-15(20(23)16(22)9-13)17(4-5-26)25-18(27)10-24-3/h5-9,17,24H,4,10H2,1-3H3,(H,25,27). The lowest BCUT2D eigenvalue weighted by Crippen LogP contribution is -2.35. The third-order valence-corrected chi connectivity index (χ3v) is 4.22. The van der Waals surface area contributed by atoms with Gasteiger partial charge in [0, 0.05) is 12.0 Å². The molecule has 0 aliphatic rings. The number of halogens is 3. The highest BCUT2D eigenvalue weighted by Gasteiger charge is 2.22. The Labute approximate surface area is 155 Å². The molecule has 0 saturated heterocycles. The molecule has 27 heavy (non-hydrogen) atoms. The van der Waals surface area contributed by atoms with Gasteiger partial charge in [-0.25, -0.2) is 13.2 Å². The van der Waals surface area contributed by atoms with Crippen molar-refractivity contribution in [2.24, 2.45) is 0 Å². The first kappa shape index (κ1) is 20.6. The Hall–Kier alpha value is -2.67. The fourth-order valence-electron chi connectivity index (χ4n) is 3.14. The number of aryl methyl sites for hydroxylation is 2. The normalized spacial score (nSPS) is 11.9. The lowest BCUT2D eigenvalue weighted by molar-refractivity contribution is -0.121. The zero-order valence-electron chi connectivity index (χ0n) is 15.3. The van der Waals surface area contributed by atoms with E-state index in [4.69, 9.17) is 0 Å². The molecule has 1 atom stereocenters. The fraction of sp³-hybridized carbons (Fsp3) is 0.300. The summed E-state index contributed by atoms with van der Waals surface area (Å²) in [6, 6.07) is 4.01. The lowest BCUT2D eigenvalue weighted by atomic mass is 9.92. The monoisotopic (exact) mass is 378 g/mol. The highest BCUT2D eigenvalue weighted by molar-refractivity contribution is 5.79. The molecular weight excluding hydrogens is 357 g/mol. The molecule has 0 aliphatic carbocycles. The number of benzene rings is 2. The quantitative estimate of drug-likeness (QED) is 0.727. The van der Waals surface area contributed by atoms with Gasteiger partial charge < -0.3 is 15.4 Å². The predicted molar refractivity (Wildman–Crippen MR) is 96.7 cm³/mol. The summed E-state index contributed by atoms with van der Waals surface area (Å²) in [5.41, 5.74) is 1.91. The number of carbonyl (C=O) groups excluding carboxylic acids is 2. The van der Waals surface area contributed by atoms with E-state index in [1.165, 1.54) is 18.2 Å². The maximum atomic E-state index is 14.5. The van der Waals surface area contributed by atoms with Crippen molar-refractivity contribution in [1.82, 2.24) is 10.6 Å². The predicted octanol–water partition coefficient (Wildman–Crippen LogP) is 3.35. The van der Waals surface area contributed by atoms with Gasteiger partial charge in [-0.2, -0.15) is 0 Å². The Bertz CT molecular complexity index is 846. The molecule has 1 unspecified atom stereocenters. The number of amides is 1. The Morgan fingerprint density at radius 2 is 1.74 bits per heavy atom. The van der Waals surface area contributed by atoms with Crippen LogP contribution in [0.3, 0.4) is 0 Å². The summed E-state index contributed by atoms with van der Waals surface area (Å²) >= 11 is 0. The maximum Gasteiger partial charge on any atom is 0.234 e. The first-order chi connectivity index (χ1) is 12.8. The molecule has 7 heteroatoms. The largest absolute Gasteiger partial charge is 0.348 e. The third kappa shape index (κ3) is 4.74. The van der Waals surface area contributed by atoms with Gasteiger partial charge in [0.15, 0.2) is 11.6 Å². The van der Waals surface area contributed by atoms with Crippen LogP contribution in [0.25, 0.3) is 11.1 Å². The topological polar surface area (TPSA) is 58.2 Å². The number of rotatable bonds is 7. The van der Waals surface area contributed by atoms with E-state index >= 15 is 0 Å². The number of aldehydes is 1. The number of likely N-dealkylation sites (N-methyl/N-ethyl adjacent to an activating group) is 1. The van der Waals surface area contributed by atoms with Crippen LogP contribution in [-0.4, -0.2) is 25.8 Å². The molecule has 0 aliphatic heterocycles. The van der Waals surface area contributed by atoms with Crippen LogP contribution >= 0.6 is 0 Å². The van der Waals surface area contributed by atoms with Crippen molar-refractivity contribution in [2.75, 3.05) is 13.6 Å². The van der Waals surface area contributed by atoms with Crippen molar-refractivity contribution in [3.8, 4) is 11.1 Å². The van der Waals surface area contributed by atoms with Crippen LogP contribution < -0.4 is 10.6 Å². The molecule has 2 aromatic carbocycles. The molecule has 0 heterocycles. The zero-order valence-corrected chi connectivity index (χ0v) is 15.3. The van der Waals surface area contributed by atoms with Crippen LogP contribution in [0.2, 0.25) is 0 Å². The summed E-state index contributed by atoms with van der Waals surface area (Å²) in [6.07, 6.45) is 0.319. The molecule has 0 saturated carbocycles. The summed E-state index contributed by atoms with van der Waals surface area (Å²) in [5, 5.41) is 5.17. The number of carbonyl (C=O) groups is 2. The van der Waals surface area contributed by atoms with Gasteiger partial charge in [0.05, 0.1) is 12.6 Å². The minimum absolute atomic E-state index is 0.0324. The number of nitrogens with one attached hydrogen (secondary N) is 2. The highest BCUT2D eigenvalue weighted by Crippen LogP contribution is 2.33. The van der Waals surface area contributed by atoms with Crippen molar-refractivity contribution in [2.45, 2.75) is 26.3 Å². The van der Waals surface area contributed by atoms with E-state index < -0.39 is 29.4 Å². The van der Waals surface area contributed by atoms with Crippen LogP contribution in [0, 0.1) is 31.3 Å². The average molecular weight is 378 g/mol. The summed E-state index contributed by atoms with van der Waals surface area (Å²) in [7, 11) is 1.56. The molecule has 0 bridgehead atoms. The van der Waals surface area contributed by atoms with Crippen LogP contribution in [0.4, 0.5) is 13.2 Å². The van der Waals surface area contributed by atoms with Crippen molar-refractivity contribution in [3.05, 3.63) is 58.4 Å². The third-order valence-electron chi connectivity index (χ3n) is 4.22. The maximum absolute atomic E-state index is 14.5. The van der Waals surface area contributed by atoms with Crippen LogP contribution in [-0.2, 0) is 9.59 Å². The van der Waals surface area contributed by atoms with Gasteiger partial charge in [-0.05, 0) is 67.4 Å². The van der Waals surface area contributed by atoms with Gasteiger partial charge in [-0.3, -0.25) is 4.79 Å². The van der Waals surface area contributed by atoms with E-state index in [2.05, 4.69) is 10.6 Å². The minimum Gasteiger partial charge on any atom is -0.348 e. The van der Waals surface area contributed by atoms with Gasteiger partial charge in [0.1, 0.15) is 12.1 Å². The Morgan fingerprint density at radius 3 is 2.30 bits per heavy atom. The molecule has 4 nitrogen and oxygen atoms in total. The van der Waals surface area contributed by atoms with Crippen molar-refractivity contribution >= 4 is 12.2 Å². The van der Waals surface area contributed by atoms with Crippen LogP contribution in [0.5, 0.6) is 0 Å². The second-order valence-corrected chi connectivity index (χ2v) is 6.33. The van der Waals surface area contributed by atoms with Crippen LogP contribution in [0.1, 0.15) is 29.2 Å². The molecule has 2 N–H and O–H groups in total. The second-order valence-electron chi connectivity index (χ2n) is 6.33. The highest BCUT2D eigenvalue weighted by atomic mass is 19.2. The van der Waals surface area contributed by atoms with E-state index in [0.29, 0.717) is 28.5 Å². The van der Waals surface area contributed by atoms with Gasteiger partial charge in [0.2, 0.25) is 5.91 Å². The SMILES string of the molecule is CNCC(=O)NC(CC=O)c1cc(-c2c(C)cc(F)cc2C)cc(F)c1F. The Morgan fingerprint density at radius 1 is 1.11 bits per heavy atom. The average Bonchev–Trinajstić information content (AvgIpc) is 2.56. The van der Waals surface area contributed by atoms with E-state index in [9.17, 15) is 22.8 Å². The first-order valence-electron chi connectivity index (χ1n) is 8.42. The van der Waals surface area contributed by atoms with Crippen LogP contribution in [0.15, 0.2) is 24.3 Å². The molecule has 0 radical (unpaired) electrons. The Balaban J connectivity index is 2.57. The van der Waals surface area contributed by atoms with Gasteiger partial charge in [-0.15, -0.1) is 0 Å². The van der Waals surface area contributed by atoms with Crippen molar-refractivity contribution in [3.63, 3.8) is 0 Å². The lowest BCUT2D eigenvalue weighted by Gasteiger charge is -2.20. The Kier molecular flexibility index (Phi) is 6.74. The molecule has 144 valence electrons. The smallest absolute Gasteiger partial charge is 0.234 e. The minimum atomic E-state index is -1.13. The molecule has 0 spiro atoms. The summed E-state index contributed by atoms with van der Waals surface area (Å²) < 4.78 is 42.3. The molecule has 0 fully saturated rings. The molecule has 2 rings (SSSR count). The number of hydrogen-bond donors (Lipinski definition) is 2. The van der Waals surface area contributed by atoms with Gasteiger partial charge in [-0.1, -0.05) is 0 Å². The van der Waals surface area contributed by atoms with Gasteiger partial charge in [0.25, 0.3) is 0 Å². The van der Waals surface area contributed by atoms with E-state index in [1.54, 1.807) is 20.9 Å². The van der Waals surface area contributed by atoms with Crippen molar-refractivity contribution in [1.29, 1.82) is 0 Å². The molecule has 0 aromatic heterocycles. The number of hydrogen-bond acceptors (Lipinski definition) is 3. The fourth-order valence-corrected chi connectivity index (χ4v) is 3.14. The summed E-state index contributed by atoms with van der Waals surface area (Å²) in [6.45, 7) is 3.31. The molecule has 2 aromatic rings. The molecule has 1 amide bonds. The van der Waals surface area contributed by atoms with E-state index in [1.807, 2.05) is 0 Å². The van der Waals surface area contributed by atoms with E-state index in [-0.39, 0.29) is 18.5 Å². The summed E-state index contributed by atoms with van der Waals surface area (Å²) in [5.74, 6) is -3.12. The summed E-state index contributed by atoms with van der Waals surface area (Å²) in [4.78, 5) is 22.9.